The van der Waals surface area contributed by atoms with E-state index in [0.717, 1.165) is 10.3 Å². The van der Waals surface area contributed by atoms with Crippen LogP contribution in [0.5, 0.6) is 0 Å². The number of hydrogen-bond acceptors (Lipinski definition) is 2. The molecule has 0 unspecified atom stereocenters. The summed E-state index contributed by atoms with van der Waals surface area (Å²) in [6.07, 6.45) is 6.93. The van der Waals surface area contributed by atoms with Gasteiger partial charge in [-0.3, -0.25) is 0 Å². The number of pyridine rings is 1. The van der Waals surface area contributed by atoms with Crippen LogP contribution in [-0.4, -0.2) is 10.5 Å². The third-order valence-corrected chi connectivity index (χ3v) is 3.58. The van der Waals surface area contributed by atoms with E-state index < -0.39 is 0 Å². The van der Waals surface area contributed by atoms with Gasteiger partial charge in [-0.05, 0) is 53.7 Å². The molecular formula is C11H15BrN2. The average Bonchev–Trinajstić information content (AvgIpc) is 2.15. The first-order valence-corrected chi connectivity index (χ1v) is 5.93. The lowest BCUT2D eigenvalue weighted by Crippen LogP contribution is -2.44. The summed E-state index contributed by atoms with van der Waals surface area (Å²) in [6.45, 7) is 2.24. The van der Waals surface area contributed by atoms with Gasteiger partial charge in [-0.2, -0.15) is 0 Å². The summed E-state index contributed by atoms with van der Waals surface area (Å²) >= 11 is 3.38. The zero-order chi connectivity index (χ0) is 10.0. The zero-order valence-corrected chi connectivity index (χ0v) is 9.97. The number of halogens is 1. The van der Waals surface area contributed by atoms with Crippen LogP contribution in [0.3, 0.4) is 0 Å². The number of nitrogens with zero attached hydrogens (tertiary/aromatic N) is 1. The Morgan fingerprint density at radius 1 is 1.50 bits per heavy atom. The van der Waals surface area contributed by atoms with Gasteiger partial charge >= 0.3 is 0 Å². The number of hydrogen-bond donors (Lipinski definition) is 1. The second-order valence-corrected chi connectivity index (χ2v) is 4.89. The van der Waals surface area contributed by atoms with Crippen LogP contribution >= 0.6 is 15.9 Å². The van der Waals surface area contributed by atoms with E-state index in [4.69, 9.17) is 0 Å². The van der Waals surface area contributed by atoms with Crippen molar-refractivity contribution in [2.45, 2.75) is 38.1 Å². The molecule has 0 spiro atoms. The summed E-state index contributed by atoms with van der Waals surface area (Å²) in [7, 11) is 0. The predicted molar refractivity (Wildman–Crippen MR) is 62.4 cm³/mol. The maximum Gasteiger partial charge on any atom is 0.126 e. The fourth-order valence-electron chi connectivity index (χ4n) is 1.89. The molecule has 1 aromatic rings. The maximum atomic E-state index is 4.34. The number of nitrogens with one attached hydrogen (secondary N) is 1. The minimum Gasteiger partial charge on any atom is -0.365 e. The summed E-state index contributed by atoms with van der Waals surface area (Å²) in [6, 6.07) is 4.05. The van der Waals surface area contributed by atoms with Crippen LogP contribution in [0.25, 0.3) is 0 Å². The highest BCUT2D eigenvalue weighted by atomic mass is 79.9. The van der Waals surface area contributed by atoms with Crippen LogP contribution in [-0.2, 0) is 0 Å². The molecule has 0 amide bonds. The normalized spacial score (nSPS) is 18.7. The molecule has 1 aliphatic rings. The molecule has 1 aliphatic carbocycles. The second-order valence-electron chi connectivity index (χ2n) is 3.97. The topological polar surface area (TPSA) is 24.9 Å². The van der Waals surface area contributed by atoms with E-state index in [9.17, 15) is 0 Å². The second kappa shape index (κ2) is 3.89. The Morgan fingerprint density at radius 3 is 2.71 bits per heavy atom. The Morgan fingerprint density at radius 2 is 2.29 bits per heavy atom. The Kier molecular flexibility index (Phi) is 2.77. The van der Waals surface area contributed by atoms with Crippen molar-refractivity contribution < 1.29 is 0 Å². The van der Waals surface area contributed by atoms with Crippen LogP contribution < -0.4 is 5.32 Å². The molecule has 0 aromatic carbocycles. The molecule has 76 valence electrons. The fraction of sp³-hybridized carbons (Fsp3) is 0.545. The van der Waals surface area contributed by atoms with Crippen LogP contribution in [0.15, 0.2) is 22.8 Å². The Bertz CT molecular complexity index is 298. The van der Waals surface area contributed by atoms with Gasteiger partial charge < -0.3 is 5.32 Å². The monoisotopic (exact) mass is 254 g/mol. The molecule has 14 heavy (non-hydrogen) atoms. The minimum absolute atomic E-state index is 0.334. The van der Waals surface area contributed by atoms with E-state index in [1.807, 2.05) is 18.3 Å². The standard InChI is InChI=1S/C11H15BrN2/c1-2-11(6-3-7-11)14-10-5-4-9(12)8-13-10/h4-5,8H,2-3,6-7H2,1H3,(H,13,14). The van der Waals surface area contributed by atoms with E-state index in [1.165, 1.54) is 25.7 Å². The molecule has 1 aromatic heterocycles. The molecule has 0 aliphatic heterocycles. The predicted octanol–water partition coefficient (Wildman–Crippen LogP) is 3.59. The Balaban J connectivity index is 2.06. The Labute approximate surface area is 93.3 Å². The zero-order valence-electron chi connectivity index (χ0n) is 8.39. The lowest BCUT2D eigenvalue weighted by atomic mass is 9.75. The van der Waals surface area contributed by atoms with Crippen molar-refractivity contribution in [2.24, 2.45) is 0 Å². The molecule has 0 saturated heterocycles. The largest absolute Gasteiger partial charge is 0.365 e. The van der Waals surface area contributed by atoms with Gasteiger partial charge in [0.05, 0.1) is 0 Å². The van der Waals surface area contributed by atoms with Crippen LogP contribution in [0.4, 0.5) is 5.82 Å². The SMILES string of the molecule is CCC1(Nc2ccc(Br)cn2)CCC1. The quantitative estimate of drug-likeness (QED) is 0.892. The van der Waals surface area contributed by atoms with Crippen molar-refractivity contribution in [1.82, 2.24) is 4.98 Å². The maximum absolute atomic E-state index is 4.34. The van der Waals surface area contributed by atoms with Gasteiger partial charge in [-0.1, -0.05) is 6.92 Å². The molecule has 1 saturated carbocycles. The molecule has 0 bridgehead atoms. The fourth-order valence-corrected chi connectivity index (χ4v) is 2.13. The van der Waals surface area contributed by atoms with Gasteiger partial charge in [0, 0.05) is 16.2 Å². The van der Waals surface area contributed by atoms with Gasteiger partial charge in [0.1, 0.15) is 5.82 Å². The van der Waals surface area contributed by atoms with E-state index >= 15 is 0 Å². The van der Waals surface area contributed by atoms with Gasteiger partial charge in [0.15, 0.2) is 0 Å². The summed E-state index contributed by atoms with van der Waals surface area (Å²) in [4.78, 5) is 4.34. The highest BCUT2D eigenvalue weighted by Gasteiger charge is 2.34. The number of rotatable bonds is 3. The van der Waals surface area contributed by atoms with E-state index in [1.54, 1.807) is 0 Å². The first kappa shape index (κ1) is 9.97. The van der Waals surface area contributed by atoms with Gasteiger partial charge in [-0.15, -0.1) is 0 Å². The smallest absolute Gasteiger partial charge is 0.126 e. The molecule has 2 rings (SSSR count). The first-order valence-electron chi connectivity index (χ1n) is 5.14. The average molecular weight is 255 g/mol. The molecule has 1 N–H and O–H groups in total. The lowest BCUT2D eigenvalue weighted by Gasteiger charge is -2.42. The van der Waals surface area contributed by atoms with E-state index in [2.05, 4.69) is 33.2 Å². The van der Waals surface area contributed by atoms with Crippen LogP contribution in [0.1, 0.15) is 32.6 Å². The van der Waals surface area contributed by atoms with Gasteiger partial charge in [0.25, 0.3) is 0 Å². The molecule has 1 heterocycles. The van der Waals surface area contributed by atoms with Crippen molar-refractivity contribution >= 4 is 21.7 Å². The van der Waals surface area contributed by atoms with E-state index in [0.29, 0.717) is 5.54 Å². The molecule has 1 fully saturated rings. The summed E-state index contributed by atoms with van der Waals surface area (Å²) < 4.78 is 1.03. The summed E-state index contributed by atoms with van der Waals surface area (Å²) in [5, 5.41) is 3.54. The number of anilines is 1. The first-order chi connectivity index (χ1) is 6.74. The molecule has 0 atom stereocenters. The van der Waals surface area contributed by atoms with E-state index in [-0.39, 0.29) is 0 Å². The molecule has 3 heteroatoms. The van der Waals surface area contributed by atoms with Crippen LogP contribution in [0, 0.1) is 0 Å². The highest BCUT2D eigenvalue weighted by Crippen LogP contribution is 2.37. The van der Waals surface area contributed by atoms with Crippen molar-refractivity contribution in [3.8, 4) is 0 Å². The Hall–Kier alpha value is -0.570. The van der Waals surface area contributed by atoms with Gasteiger partial charge in [-0.25, -0.2) is 4.98 Å². The molecule has 0 radical (unpaired) electrons. The van der Waals surface area contributed by atoms with Crippen LogP contribution in [0.2, 0.25) is 0 Å². The third-order valence-electron chi connectivity index (χ3n) is 3.11. The highest BCUT2D eigenvalue weighted by molar-refractivity contribution is 9.10. The van der Waals surface area contributed by atoms with Crippen molar-refractivity contribution in [1.29, 1.82) is 0 Å². The van der Waals surface area contributed by atoms with Crippen molar-refractivity contribution in [3.63, 3.8) is 0 Å². The molecular weight excluding hydrogens is 240 g/mol. The number of aromatic nitrogens is 1. The molecule has 2 nitrogen and oxygen atoms in total. The minimum atomic E-state index is 0.334. The van der Waals surface area contributed by atoms with Crippen molar-refractivity contribution in [3.05, 3.63) is 22.8 Å². The summed E-state index contributed by atoms with van der Waals surface area (Å²) in [5.41, 5.74) is 0.334. The third kappa shape index (κ3) is 1.92. The lowest BCUT2D eigenvalue weighted by molar-refractivity contribution is 0.269. The summed E-state index contributed by atoms with van der Waals surface area (Å²) in [5.74, 6) is 0.995. The van der Waals surface area contributed by atoms with Crippen molar-refractivity contribution in [2.75, 3.05) is 5.32 Å². The van der Waals surface area contributed by atoms with Gasteiger partial charge in [0.2, 0.25) is 0 Å².